The third-order valence-corrected chi connectivity index (χ3v) is 5.45. The lowest BCUT2D eigenvalue weighted by atomic mass is 9.82. The molecule has 1 saturated carbocycles. The summed E-state index contributed by atoms with van der Waals surface area (Å²) < 4.78 is 34.4. The van der Waals surface area contributed by atoms with E-state index in [0.29, 0.717) is 35.1 Å². The highest BCUT2D eigenvalue weighted by Crippen LogP contribution is 2.36. The SMILES string of the molecule is C=CCCc1ccc(-c2ccc(C3CCC(OC)CC3)cc2F)cc1F. The van der Waals surface area contributed by atoms with Crippen molar-refractivity contribution < 1.29 is 13.5 Å². The second kappa shape index (κ2) is 8.59. The molecule has 1 aliphatic carbocycles. The highest BCUT2D eigenvalue weighted by molar-refractivity contribution is 5.65. The molecule has 0 aliphatic heterocycles. The van der Waals surface area contributed by atoms with Crippen LogP contribution in [0.3, 0.4) is 0 Å². The van der Waals surface area contributed by atoms with Crippen molar-refractivity contribution in [2.75, 3.05) is 7.11 Å². The fourth-order valence-corrected chi connectivity index (χ4v) is 3.83. The minimum Gasteiger partial charge on any atom is -0.381 e. The van der Waals surface area contributed by atoms with E-state index in [1.165, 1.54) is 6.07 Å². The van der Waals surface area contributed by atoms with E-state index in [4.69, 9.17) is 4.74 Å². The first-order valence-electron chi connectivity index (χ1n) is 9.34. The molecule has 138 valence electrons. The molecule has 0 spiro atoms. The number of allylic oxidation sites excluding steroid dienone is 1. The van der Waals surface area contributed by atoms with Gasteiger partial charge >= 0.3 is 0 Å². The Morgan fingerprint density at radius 2 is 1.81 bits per heavy atom. The van der Waals surface area contributed by atoms with Crippen molar-refractivity contribution in [3.8, 4) is 11.1 Å². The number of ether oxygens (including phenoxy) is 1. The molecular weight excluding hydrogens is 330 g/mol. The first kappa shape index (κ1) is 18.8. The van der Waals surface area contributed by atoms with Crippen molar-refractivity contribution in [2.45, 2.75) is 50.5 Å². The van der Waals surface area contributed by atoms with Gasteiger partial charge in [-0.1, -0.05) is 30.3 Å². The molecule has 2 aromatic rings. The van der Waals surface area contributed by atoms with E-state index in [1.54, 1.807) is 37.5 Å². The van der Waals surface area contributed by atoms with Gasteiger partial charge in [0.1, 0.15) is 11.6 Å². The lowest BCUT2D eigenvalue weighted by Gasteiger charge is -2.28. The molecule has 3 rings (SSSR count). The number of aryl methyl sites for hydroxylation is 1. The van der Waals surface area contributed by atoms with E-state index in [1.807, 2.05) is 6.07 Å². The zero-order valence-corrected chi connectivity index (χ0v) is 15.3. The molecule has 0 atom stereocenters. The molecule has 1 aliphatic rings. The summed E-state index contributed by atoms with van der Waals surface area (Å²) in [4.78, 5) is 0. The molecule has 0 unspecified atom stereocenters. The van der Waals surface area contributed by atoms with Gasteiger partial charge in [0.2, 0.25) is 0 Å². The molecule has 3 heteroatoms. The van der Waals surface area contributed by atoms with Crippen LogP contribution < -0.4 is 0 Å². The highest BCUT2D eigenvalue weighted by atomic mass is 19.1. The lowest BCUT2D eigenvalue weighted by Crippen LogP contribution is -2.19. The first-order chi connectivity index (χ1) is 12.6. The molecule has 0 N–H and O–H groups in total. The van der Waals surface area contributed by atoms with Gasteiger partial charge < -0.3 is 4.74 Å². The van der Waals surface area contributed by atoms with Gasteiger partial charge in [-0.15, -0.1) is 6.58 Å². The van der Waals surface area contributed by atoms with E-state index in [-0.39, 0.29) is 11.6 Å². The van der Waals surface area contributed by atoms with Gasteiger partial charge in [-0.05, 0) is 73.3 Å². The van der Waals surface area contributed by atoms with Crippen LogP contribution in [0.5, 0.6) is 0 Å². The molecule has 0 saturated heterocycles. The summed E-state index contributed by atoms with van der Waals surface area (Å²) in [6, 6.07) is 10.4. The van der Waals surface area contributed by atoms with Gasteiger partial charge in [-0.2, -0.15) is 0 Å². The van der Waals surface area contributed by atoms with Gasteiger partial charge in [-0.25, -0.2) is 8.78 Å². The average molecular weight is 356 g/mol. The molecule has 1 fully saturated rings. The van der Waals surface area contributed by atoms with E-state index in [9.17, 15) is 8.78 Å². The second-order valence-electron chi connectivity index (χ2n) is 7.08. The smallest absolute Gasteiger partial charge is 0.131 e. The molecule has 0 aromatic heterocycles. The number of methoxy groups -OCH3 is 1. The van der Waals surface area contributed by atoms with E-state index >= 15 is 0 Å². The number of hydrogen-bond donors (Lipinski definition) is 0. The zero-order valence-electron chi connectivity index (χ0n) is 15.3. The van der Waals surface area contributed by atoms with Gasteiger partial charge in [0.25, 0.3) is 0 Å². The normalized spacial score (nSPS) is 20.1. The Kier molecular flexibility index (Phi) is 6.20. The number of hydrogen-bond acceptors (Lipinski definition) is 1. The van der Waals surface area contributed by atoms with Gasteiger partial charge in [-0.3, -0.25) is 0 Å². The average Bonchev–Trinajstić information content (AvgIpc) is 2.67. The Morgan fingerprint density at radius 3 is 2.42 bits per heavy atom. The summed E-state index contributed by atoms with van der Waals surface area (Å²) in [5.74, 6) is -0.191. The lowest BCUT2D eigenvalue weighted by molar-refractivity contribution is 0.0658. The fourth-order valence-electron chi connectivity index (χ4n) is 3.83. The molecule has 0 bridgehead atoms. The number of benzene rings is 2. The second-order valence-corrected chi connectivity index (χ2v) is 7.08. The largest absolute Gasteiger partial charge is 0.381 e. The zero-order chi connectivity index (χ0) is 18.5. The Bertz CT molecular complexity index is 761. The molecule has 0 amide bonds. The van der Waals surface area contributed by atoms with Gasteiger partial charge in [0, 0.05) is 12.7 Å². The quantitative estimate of drug-likeness (QED) is 0.542. The maximum atomic E-state index is 14.7. The monoisotopic (exact) mass is 356 g/mol. The first-order valence-corrected chi connectivity index (χ1v) is 9.34. The third kappa shape index (κ3) is 4.21. The predicted molar refractivity (Wildman–Crippen MR) is 102 cm³/mol. The van der Waals surface area contributed by atoms with Crippen LogP contribution in [0.25, 0.3) is 11.1 Å². The van der Waals surface area contributed by atoms with Gasteiger partial charge in [0.05, 0.1) is 6.10 Å². The van der Waals surface area contributed by atoms with Crippen LogP contribution in [0.15, 0.2) is 49.1 Å². The van der Waals surface area contributed by atoms with Crippen molar-refractivity contribution in [2.24, 2.45) is 0 Å². The van der Waals surface area contributed by atoms with Crippen LogP contribution in [-0.2, 0) is 11.2 Å². The highest BCUT2D eigenvalue weighted by Gasteiger charge is 2.23. The molecule has 0 heterocycles. The summed E-state index contributed by atoms with van der Waals surface area (Å²) in [5.41, 5.74) is 2.70. The van der Waals surface area contributed by atoms with Crippen LogP contribution in [0, 0.1) is 11.6 Å². The Balaban J connectivity index is 1.77. The molecule has 0 radical (unpaired) electrons. The molecular formula is C23H26F2O. The summed E-state index contributed by atoms with van der Waals surface area (Å²) in [7, 11) is 1.75. The summed E-state index contributed by atoms with van der Waals surface area (Å²) >= 11 is 0. The van der Waals surface area contributed by atoms with Crippen LogP contribution in [0.2, 0.25) is 0 Å². The van der Waals surface area contributed by atoms with Crippen LogP contribution in [0.4, 0.5) is 8.78 Å². The Morgan fingerprint density at radius 1 is 1.04 bits per heavy atom. The van der Waals surface area contributed by atoms with E-state index < -0.39 is 0 Å². The van der Waals surface area contributed by atoms with Gasteiger partial charge in [0.15, 0.2) is 0 Å². The van der Waals surface area contributed by atoms with Crippen LogP contribution in [0.1, 0.15) is 49.1 Å². The van der Waals surface area contributed by atoms with E-state index in [2.05, 4.69) is 6.58 Å². The Hall–Kier alpha value is -2.00. The maximum Gasteiger partial charge on any atom is 0.131 e. The van der Waals surface area contributed by atoms with Crippen molar-refractivity contribution in [3.63, 3.8) is 0 Å². The van der Waals surface area contributed by atoms with Crippen molar-refractivity contribution >= 4 is 0 Å². The van der Waals surface area contributed by atoms with Crippen molar-refractivity contribution in [3.05, 3.63) is 71.8 Å². The molecule has 2 aromatic carbocycles. The third-order valence-electron chi connectivity index (χ3n) is 5.45. The number of halogens is 2. The maximum absolute atomic E-state index is 14.7. The minimum absolute atomic E-state index is 0.283. The van der Waals surface area contributed by atoms with Crippen LogP contribution in [-0.4, -0.2) is 13.2 Å². The molecule has 1 nitrogen and oxygen atoms in total. The minimum atomic E-state index is -0.286. The predicted octanol–water partition coefficient (Wildman–Crippen LogP) is 6.42. The molecule has 26 heavy (non-hydrogen) atoms. The van der Waals surface area contributed by atoms with E-state index in [0.717, 1.165) is 37.7 Å². The Labute approximate surface area is 154 Å². The topological polar surface area (TPSA) is 9.23 Å². The van der Waals surface area contributed by atoms with Crippen LogP contribution >= 0.6 is 0 Å². The number of rotatable bonds is 6. The fraction of sp³-hybridized carbons (Fsp3) is 0.391. The summed E-state index contributed by atoms with van der Waals surface area (Å²) in [6.07, 6.45) is 7.51. The summed E-state index contributed by atoms with van der Waals surface area (Å²) in [5, 5.41) is 0. The summed E-state index contributed by atoms with van der Waals surface area (Å²) in [6.45, 7) is 3.66. The van der Waals surface area contributed by atoms with Crippen molar-refractivity contribution in [1.82, 2.24) is 0 Å². The standard InChI is InChI=1S/C23H26F2O/c1-3-4-5-17-6-7-19(15-22(17)24)21-13-10-18(14-23(21)25)16-8-11-20(26-2)12-9-16/h3,6-7,10,13-16,20H,1,4-5,8-9,11-12H2,2H3. The van der Waals surface area contributed by atoms with Crippen molar-refractivity contribution in [1.29, 1.82) is 0 Å².